The quantitative estimate of drug-likeness (QED) is 0.384. The van der Waals surface area contributed by atoms with Gasteiger partial charge in [-0.2, -0.15) is 0 Å². The van der Waals surface area contributed by atoms with Gasteiger partial charge in [0.25, 0.3) is 0 Å². The number of amides is 2. The molecule has 0 bridgehead atoms. The number of rotatable bonds is 8. The van der Waals surface area contributed by atoms with Gasteiger partial charge in [-0.3, -0.25) is 0 Å². The van der Waals surface area contributed by atoms with Crippen LogP contribution in [0.25, 0.3) is 0 Å². The average molecular weight is 292 g/mol. The van der Waals surface area contributed by atoms with E-state index in [1.165, 1.54) is 11.1 Å². The monoisotopic (exact) mass is 292 g/mol. The van der Waals surface area contributed by atoms with Crippen LogP contribution in [-0.2, 0) is 0 Å². The lowest BCUT2D eigenvalue weighted by Crippen LogP contribution is -2.47. The number of nitrogens with one attached hydrogen (secondary N) is 2. The molecule has 0 fully saturated rings. The van der Waals surface area contributed by atoms with Crippen molar-refractivity contribution >= 4 is 6.03 Å². The second kappa shape index (κ2) is 9.43. The molecule has 2 amide bonds. The maximum absolute atomic E-state index is 11.5. The maximum atomic E-state index is 11.5. The molecule has 0 aromatic heterocycles. The number of unbranched alkanes of at least 4 members (excludes halogenated alkanes) is 1. The van der Waals surface area contributed by atoms with Gasteiger partial charge in [-0.1, -0.05) is 49.8 Å². The maximum Gasteiger partial charge on any atom is 0.314 e. The van der Waals surface area contributed by atoms with Crippen LogP contribution in [0.1, 0.15) is 53.9 Å². The Labute approximate surface area is 130 Å². The van der Waals surface area contributed by atoms with Crippen molar-refractivity contribution in [3.8, 4) is 0 Å². The molecule has 0 aliphatic carbocycles. The van der Waals surface area contributed by atoms with Crippen LogP contribution in [-0.4, -0.2) is 19.1 Å². The van der Waals surface area contributed by atoms with Gasteiger partial charge in [-0.15, -0.1) is 0 Å². The summed E-state index contributed by atoms with van der Waals surface area (Å²) in [4.78, 5) is 11.5. The Kier molecular flexibility index (Phi) is 8.75. The van der Waals surface area contributed by atoms with Crippen LogP contribution < -0.4 is 10.6 Å². The molecule has 120 valence electrons. The Bertz CT molecular complexity index is 405. The van der Waals surface area contributed by atoms with E-state index in [-0.39, 0.29) is 17.5 Å². The topological polar surface area (TPSA) is 41.1 Å². The number of hydrogen-bond acceptors (Lipinski definition) is 1. The fraction of sp³-hybridized carbons (Fsp3) is 0.611. The Morgan fingerprint density at radius 2 is 1.95 bits per heavy atom. The Morgan fingerprint density at radius 1 is 1.33 bits per heavy atom. The molecule has 2 N–H and O–H groups in total. The minimum atomic E-state index is -0.129. The Morgan fingerprint density at radius 3 is 2.48 bits per heavy atom. The van der Waals surface area contributed by atoms with Crippen molar-refractivity contribution in [2.24, 2.45) is 5.41 Å². The van der Waals surface area contributed by atoms with Gasteiger partial charge in [0, 0.05) is 18.5 Å². The largest absolute Gasteiger partial charge is 0.341 e. The van der Waals surface area contributed by atoms with E-state index in [0.29, 0.717) is 0 Å². The van der Waals surface area contributed by atoms with E-state index < -0.39 is 0 Å². The SMILES string of the molecule is C=C/C=C/CCC/C(C)=C(\C)C(C)(C)C(C)NC(=O)NC. The van der Waals surface area contributed by atoms with Crippen molar-refractivity contribution in [3.05, 3.63) is 36.0 Å². The minimum absolute atomic E-state index is 0.0620. The van der Waals surface area contributed by atoms with Gasteiger partial charge in [0.15, 0.2) is 0 Å². The van der Waals surface area contributed by atoms with Crippen LogP contribution in [0.5, 0.6) is 0 Å². The van der Waals surface area contributed by atoms with Gasteiger partial charge in [0.05, 0.1) is 0 Å². The van der Waals surface area contributed by atoms with Gasteiger partial charge in [-0.25, -0.2) is 4.79 Å². The highest BCUT2D eigenvalue weighted by Gasteiger charge is 2.29. The van der Waals surface area contributed by atoms with Crippen molar-refractivity contribution < 1.29 is 4.79 Å². The number of carbonyl (C=O) groups is 1. The standard InChI is InChI=1S/C18H32N2O/c1-8-9-10-11-12-13-14(2)15(3)18(5,6)16(4)20-17(21)19-7/h8-10,16H,1,11-13H2,2-7H3,(H2,19,20,21)/b10-9+,15-14+. The number of urea groups is 1. The number of hydrogen-bond donors (Lipinski definition) is 2. The third-order valence-corrected chi connectivity index (χ3v) is 4.46. The normalized spacial score (nSPS) is 14.6. The molecule has 1 unspecified atom stereocenters. The van der Waals surface area contributed by atoms with Crippen molar-refractivity contribution in [1.29, 1.82) is 0 Å². The van der Waals surface area contributed by atoms with Crippen LogP contribution in [0.3, 0.4) is 0 Å². The second-order valence-electron chi connectivity index (χ2n) is 6.13. The zero-order valence-corrected chi connectivity index (χ0v) is 14.5. The van der Waals surface area contributed by atoms with E-state index in [1.54, 1.807) is 7.05 Å². The van der Waals surface area contributed by atoms with Gasteiger partial charge in [0.2, 0.25) is 0 Å². The van der Waals surface area contributed by atoms with Gasteiger partial charge in [0.1, 0.15) is 0 Å². The molecule has 0 saturated heterocycles. The predicted molar refractivity (Wildman–Crippen MR) is 92.4 cm³/mol. The van der Waals surface area contributed by atoms with Gasteiger partial charge < -0.3 is 10.6 Å². The summed E-state index contributed by atoms with van der Waals surface area (Å²) in [7, 11) is 1.64. The summed E-state index contributed by atoms with van der Waals surface area (Å²) in [5, 5.41) is 5.59. The first kappa shape index (κ1) is 19.5. The highest BCUT2D eigenvalue weighted by atomic mass is 16.2. The molecule has 0 spiro atoms. The number of carbonyl (C=O) groups excluding carboxylic acids is 1. The number of allylic oxidation sites excluding steroid dienone is 4. The highest BCUT2D eigenvalue weighted by Crippen LogP contribution is 2.33. The van der Waals surface area contributed by atoms with Crippen LogP contribution in [0.2, 0.25) is 0 Å². The predicted octanol–water partition coefficient (Wildman–Crippen LogP) is 4.58. The van der Waals surface area contributed by atoms with E-state index >= 15 is 0 Å². The third-order valence-electron chi connectivity index (χ3n) is 4.46. The first-order chi connectivity index (χ1) is 9.77. The zero-order valence-electron chi connectivity index (χ0n) is 14.5. The second-order valence-corrected chi connectivity index (χ2v) is 6.13. The smallest absolute Gasteiger partial charge is 0.314 e. The fourth-order valence-corrected chi connectivity index (χ4v) is 2.19. The average Bonchev–Trinajstić information content (AvgIpc) is 2.45. The highest BCUT2D eigenvalue weighted by molar-refractivity contribution is 5.73. The van der Waals surface area contributed by atoms with Crippen LogP contribution in [0.4, 0.5) is 4.79 Å². The third kappa shape index (κ3) is 6.65. The summed E-state index contributed by atoms with van der Waals surface area (Å²) < 4.78 is 0. The molecule has 0 rings (SSSR count). The Hall–Kier alpha value is -1.51. The first-order valence-electron chi connectivity index (χ1n) is 7.70. The van der Waals surface area contributed by atoms with Crippen molar-refractivity contribution in [2.45, 2.75) is 59.9 Å². The van der Waals surface area contributed by atoms with Gasteiger partial charge in [-0.05, 0) is 40.0 Å². The van der Waals surface area contributed by atoms with Crippen LogP contribution in [0.15, 0.2) is 36.0 Å². The summed E-state index contributed by atoms with van der Waals surface area (Å²) in [5.41, 5.74) is 2.71. The lowest BCUT2D eigenvalue weighted by Gasteiger charge is -2.35. The van der Waals surface area contributed by atoms with Gasteiger partial charge >= 0.3 is 6.03 Å². The van der Waals surface area contributed by atoms with Crippen molar-refractivity contribution in [2.75, 3.05) is 7.05 Å². The van der Waals surface area contributed by atoms with E-state index in [9.17, 15) is 4.79 Å². The molecule has 0 aliphatic heterocycles. The molecule has 0 heterocycles. The van der Waals surface area contributed by atoms with E-state index in [2.05, 4.69) is 57.9 Å². The molecule has 3 heteroatoms. The lowest BCUT2D eigenvalue weighted by molar-refractivity contribution is 0.228. The molecule has 0 aliphatic rings. The summed E-state index contributed by atoms with van der Waals surface area (Å²) in [6.45, 7) is 14.5. The molecule has 0 aromatic carbocycles. The Balaban J connectivity index is 4.70. The molecule has 21 heavy (non-hydrogen) atoms. The molecule has 0 saturated carbocycles. The van der Waals surface area contributed by atoms with E-state index in [1.807, 2.05) is 12.2 Å². The molecule has 0 radical (unpaired) electrons. The first-order valence-corrected chi connectivity index (χ1v) is 7.70. The molecular weight excluding hydrogens is 260 g/mol. The zero-order chi connectivity index (χ0) is 16.5. The lowest BCUT2D eigenvalue weighted by atomic mass is 9.76. The van der Waals surface area contributed by atoms with Crippen LogP contribution >= 0.6 is 0 Å². The molecule has 0 aromatic rings. The van der Waals surface area contributed by atoms with E-state index in [0.717, 1.165) is 19.3 Å². The summed E-state index contributed by atoms with van der Waals surface area (Å²) in [6, 6.07) is -0.0522. The van der Waals surface area contributed by atoms with Crippen molar-refractivity contribution in [1.82, 2.24) is 10.6 Å². The molecule has 3 nitrogen and oxygen atoms in total. The molecular formula is C18H32N2O. The fourth-order valence-electron chi connectivity index (χ4n) is 2.19. The minimum Gasteiger partial charge on any atom is -0.341 e. The summed E-state index contributed by atoms with van der Waals surface area (Å²) >= 11 is 0. The summed E-state index contributed by atoms with van der Waals surface area (Å²) in [6.07, 6.45) is 9.25. The van der Waals surface area contributed by atoms with E-state index in [4.69, 9.17) is 0 Å². The molecule has 1 atom stereocenters. The van der Waals surface area contributed by atoms with Crippen molar-refractivity contribution in [3.63, 3.8) is 0 Å². The van der Waals surface area contributed by atoms with Crippen LogP contribution in [0, 0.1) is 5.41 Å². The summed E-state index contributed by atoms with van der Waals surface area (Å²) in [5.74, 6) is 0.